The highest BCUT2D eigenvalue weighted by molar-refractivity contribution is 6.04. The van der Waals surface area contributed by atoms with Gasteiger partial charge >= 0.3 is 0 Å². The summed E-state index contributed by atoms with van der Waals surface area (Å²) in [7, 11) is 0. The van der Waals surface area contributed by atoms with Crippen molar-refractivity contribution in [2.75, 3.05) is 0 Å². The van der Waals surface area contributed by atoms with E-state index in [0.717, 1.165) is 22.3 Å². The molecule has 2 fully saturated rings. The number of hydrogen-bond donors (Lipinski definition) is 4. The molecule has 0 unspecified atom stereocenters. The average Bonchev–Trinajstić information content (AvgIpc) is 2.86. The van der Waals surface area contributed by atoms with Crippen LogP contribution in [0.2, 0.25) is 0 Å². The number of allylic oxidation sites excluding steroid dienone is 15. The first kappa shape index (κ1) is 38.1. The Balaban J connectivity index is 2.00. The molecule has 0 amide bonds. The molecule has 0 aromatic heterocycles. The monoisotopic (exact) mass is 616 g/mol. The number of ketones is 1. The number of aliphatic hydroxyl groups excluding tert-OH is 2. The Bertz CT molecular complexity index is 1370. The summed E-state index contributed by atoms with van der Waals surface area (Å²) in [5, 5.41) is 41.9. The Hall–Kier alpha value is -3.05. The lowest BCUT2D eigenvalue weighted by Crippen LogP contribution is -2.45. The van der Waals surface area contributed by atoms with Gasteiger partial charge in [-0.2, -0.15) is 0 Å². The molecular formula is C40H56O5. The quantitative estimate of drug-likeness (QED) is 0.120. The lowest BCUT2D eigenvalue weighted by Gasteiger charge is -2.45. The minimum atomic E-state index is -1.21. The van der Waals surface area contributed by atoms with Gasteiger partial charge in [0.2, 0.25) is 0 Å². The van der Waals surface area contributed by atoms with Crippen LogP contribution < -0.4 is 0 Å². The molecule has 0 bridgehead atoms. The summed E-state index contributed by atoms with van der Waals surface area (Å²) in [6.07, 6.45) is 23.6. The van der Waals surface area contributed by atoms with Crippen LogP contribution in [0.3, 0.4) is 0 Å². The van der Waals surface area contributed by atoms with E-state index in [4.69, 9.17) is 0 Å². The maximum atomic E-state index is 12.9. The molecule has 2 aliphatic rings. The molecular weight excluding hydrogens is 560 g/mol. The van der Waals surface area contributed by atoms with Crippen LogP contribution in [-0.2, 0) is 4.79 Å². The van der Waals surface area contributed by atoms with Gasteiger partial charge < -0.3 is 20.4 Å². The van der Waals surface area contributed by atoms with Gasteiger partial charge in [-0.3, -0.25) is 4.79 Å². The smallest absolute Gasteiger partial charge is 0.181 e. The van der Waals surface area contributed by atoms with E-state index in [1.165, 1.54) is 0 Å². The van der Waals surface area contributed by atoms with E-state index < -0.39 is 28.8 Å². The Morgan fingerprint density at radius 3 is 1.64 bits per heavy atom. The third-order valence-corrected chi connectivity index (χ3v) is 8.64. The highest BCUT2D eigenvalue weighted by Crippen LogP contribution is 2.46. The van der Waals surface area contributed by atoms with Crippen molar-refractivity contribution >= 4 is 5.78 Å². The van der Waals surface area contributed by atoms with Crippen molar-refractivity contribution < 1.29 is 25.2 Å². The maximum Gasteiger partial charge on any atom is 0.181 e. The van der Waals surface area contributed by atoms with Crippen LogP contribution in [0.15, 0.2) is 112 Å². The largest absolute Gasteiger partial charge is 0.393 e. The van der Waals surface area contributed by atoms with Crippen LogP contribution in [0.5, 0.6) is 0 Å². The first-order chi connectivity index (χ1) is 20.7. The fourth-order valence-electron chi connectivity index (χ4n) is 6.61. The lowest BCUT2D eigenvalue weighted by molar-refractivity contribution is -0.111. The van der Waals surface area contributed by atoms with Crippen molar-refractivity contribution in [2.24, 2.45) is 10.8 Å². The second-order valence-electron chi connectivity index (χ2n) is 14.7. The van der Waals surface area contributed by atoms with E-state index >= 15 is 0 Å². The van der Waals surface area contributed by atoms with Gasteiger partial charge in [0, 0.05) is 18.4 Å². The Labute approximate surface area is 271 Å². The van der Waals surface area contributed by atoms with Crippen LogP contribution in [0.1, 0.15) is 94.9 Å². The summed E-state index contributed by atoms with van der Waals surface area (Å²) in [6, 6.07) is 0. The molecule has 2 rings (SSSR count). The fourth-order valence-corrected chi connectivity index (χ4v) is 6.61. The summed E-state index contributed by atoms with van der Waals surface area (Å²) < 4.78 is 0. The van der Waals surface area contributed by atoms with Crippen LogP contribution in [0, 0.1) is 10.8 Å². The normalized spacial score (nSPS) is 30.9. The van der Waals surface area contributed by atoms with E-state index in [-0.39, 0.29) is 17.6 Å². The van der Waals surface area contributed by atoms with E-state index in [9.17, 15) is 25.2 Å². The molecule has 5 heteroatoms. The molecule has 2 aliphatic carbocycles. The number of carbonyl (C=O) groups is 1. The number of hydrogen-bond acceptors (Lipinski definition) is 5. The van der Waals surface area contributed by atoms with Crippen molar-refractivity contribution in [1.29, 1.82) is 0 Å². The minimum absolute atomic E-state index is 0.144. The topological polar surface area (TPSA) is 98.0 Å². The van der Waals surface area contributed by atoms with Gasteiger partial charge in [-0.1, -0.05) is 99.6 Å². The summed E-state index contributed by atoms with van der Waals surface area (Å²) in [6.45, 7) is 19.2. The number of carbonyl (C=O) groups excluding carboxylic acids is 1. The standard InChI is InChI=1S/C40H56O5/c1-28(17-13-18-30(3)21-22-35-37(5,6)24-32(41)26-39(35,9)44)15-11-12-16-29(2)19-14-20-31(4)34(43)23-36-38(7,8)25-33(42)27-40(36,10)45/h11-21,23,32-33,41-42,44-45H,24-27H2,1-10H3/b12-11+,17-13+,19-14+,28-15+,29-16+,30-18+,31-20+,36-23+/t22?,32-,33-,39+,40+/m0/s1. The molecule has 2 saturated carbocycles. The van der Waals surface area contributed by atoms with Crippen molar-refractivity contribution in [1.82, 2.24) is 0 Å². The van der Waals surface area contributed by atoms with Crippen LogP contribution >= 0.6 is 0 Å². The summed E-state index contributed by atoms with van der Waals surface area (Å²) in [4.78, 5) is 12.9. The SMILES string of the molecule is C\C(C=C=C1C(C)(C)C[C@H](O)C[C@@]1(C)O)=C/C=C/C(C)=C/C=C/C=C(C)/C=C/C=C(\C)C(=O)/C=C1\C(C)(C)C[C@H](O)C[C@@]1(C)O. The van der Waals surface area contributed by atoms with Crippen molar-refractivity contribution in [3.63, 3.8) is 0 Å². The van der Waals surface area contributed by atoms with Gasteiger partial charge in [0.05, 0.1) is 23.4 Å². The lowest BCUT2D eigenvalue weighted by atomic mass is 9.64. The van der Waals surface area contributed by atoms with Gasteiger partial charge in [0.25, 0.3) is 0 Å². The van der Waals surface area contributed by atoms with E-state index in [1.54, 1.807) is 32.9 Å². The van der Waals surface area contributed by atoms with Crippen molar-refractivity contribution in [3.05, 3.63) is 112 Å². The third kappa shape index (κ3) is 11.7. The van der Waals surface area contributed by atoms with Crippen LogP contribution in [-0.4, -0.2) is 49.6 Å². The molecule has 45 heavy (non-hydrogen) atoms. The van der Waals surface area contributed by atoms with Gasteiger partial charge in [-0.25, -0.2) is 0 Å². The highest BCUT2D eigenvalue weighted by atomic mass is 16.3. The number of aliphatic hydroxyl groups is 4. The van der Waals surface area contributed by atoms with Crippen LogP contribution in [0.25, 0.3) is 0 Å². The van der Waals surface area contributed by atoms with Gasteiger partial charge in [-0.05, 0) is 94.1 Å². The van der Waals surface area contributed by atoms with E-state index in [0.29, 0.717) is 30.4 Å². The Morgan fingerprint density at radius 1 is 0.667 bits per heavy atom. The predicted octanol–water partition coefficient (Wildman–Crippen LogP) is 7.88. The maximum absolute atomic E-state index is 12.9. The van der Waals surface area contributed by atoms with Gasteiger partial charge in [0.1, 0.15) is 0 Å². The molecule has 0 aromatic carbocycles. The second kappa shape index (κ2) is 15.5. The predicted molar refractivity (Wildman–Crippen MR) is 186 cm³/mol. The fraction of sp³-hybridized carbons (Fsp3) is 0.500. The van der Waals surface area contributed by atoms with Crippen molar-refractivity contribution in [3.8, 4) is 0 Å². The molecule has 4 N–H and O–H groups in total. The first-order valence-corrected chi connectivity index (χ1v) is 15.9. The zero-order chi connectivity index (χ0) is 34.2. The zero-order valence-electron chi connectivity index (χ0n) is 29.1. The molecule has 4 atom stereocenters. The number of rotatable bonds is 9. The summed E-state index contributed by atoms with van der Waals surface area (Å²) in [5.41, 5.74) is 5.44. The molecule has 0 radical (unpaired) electrons. The molecule has 0 aromatic rings. The molecule has 5 nitrogen and oxygen atoms in total. The molecule has 0 spiro atoms. The third-order valence-electron chi connectivity index (χ3n) is 8.64. The second-order valence-corrected chi connectivity index (χ2v) is 14.7. The molecule has 0 saturated heterocycles. The van der Waals surface area contributed by atoms with Crippen LogP contribution in [0.4, 0.5) is 0 Å². The summed E-state index contributed by atoms with van der Waals surface area (Å²) >= 11 is 0. The molecule has 0 heterocycles. The minimum Gasteiger partial charge on any atom is -0.393 e. The van der Waals surface area contributed by atoms with Gasteiger partial charge in [-0.15, -0.1) is 5.73 Å². The summed E-state index contributed by atoms with van der Waals surface area (Å²) in [5.74, 6) is -0.144. The first-order valence-electron chi connectivity index (χ1n) is 15.9. The zero-order valence-corrected chi connectivity index (χ0v) is 29.1. The Kier molecular flexibility index (Phi) is 13.1. The van der Waals surface area contributed by atoms with E-state index in [1.807, 2.05) is 109 Å². The van der Waals surface area contributed by atoms with Gasteiger partial charge in [0.15, 0.2) is 5.78 Å². The molecule has 0 aliphatic heterocycles. The van der Waals surface area contributed by atoms with E-state index in [2.05, 4.69) is 5.73 Å². The van der Waals surface area contributed by atoms with Crippen molar-refractivity contribution in [2.45, 2.75) is 118 Å². The molecule has 246 valence electrons. The Morgan fingerprint density at radius 2 is 1.13 bits per heavy atom. The average molecular weight is 617 g/mol. The highest BCUT2D eigenvalue weighted by Gasteiger charge is 2.45.